The lowest BCUT2D eigenvalue weighted by atomic mass is 9.66. The van der Waals surface area contributed by atoms with Gasteiger partial charge in [-0.3, -0.25) is 0 Å². The van der Waals surface area contributed by atoms with E-state index in [4.69, 9.17) is 10.5 Å². The summed E-state index contributed by atoms with van der Waals surface area (Å²) in [5, 5.41) is 0. The molecule has 1 fully saturated rings. The molecule has 2 N–H and O–H groups in total. The van der Waals surface area contributed by atoms with Gasteiger partial charge in [0.1, 0.15) is 5.75 Å². The zero-order chi connectivity index (χ0) is 14.6. The molecule has 1 aliphatic carbocycles. The first-order valence-corrected chi connectivity index (χ1v) is 7.87. The smallest absolute Gasteiger partial charge is 0.118 e. The zero-order valence-electron chi connectivity index (χ0n) is 13.2. The average molecular weight is 275 g/mol. The Morgan fingerprint density at radius 3 is 2.50 bits per heavy atom. The number of aryl methyl sites for hydroxylation is 1. The highest BCUT2D eigenvalue weighted by Crippen LogP contribution is 2.43. The highest BCUT2D eigenvalue weighted by atomic mass is 16.5. The molecule has 0 saturated heterocycles. The number of rotatable bonds is 5. The Labute approximate surface area is 123 Å². The lowest BCUT2D eigenvalue weighted by molar-refractivity contribution is 0.115. The van der Waals surface area contributed by atoms with Crippen LogP contribution in [0.25, 0.3) is 0 Å². The lowest BCUT2D eigenvalue weighted by Gasteiger charge is -2.40. The molecule has 0 aromatic heterocycles. The second kappa shape index (κ2) is 6.62. The Hall–Kier alpha value is -1.02. The van der Waals surface area contributed by atoms with E-state index in [-0.39, 0.29) is 0 Å². The molecule has 2 heteroatoms. The van der Waals surface area contributed by atoms with E-state index in [1.807, 2.05) is 0 Å². The van der Waals surface area contributed by atoms with Gasteiger partial charge in [0.05, 0.1) is 7.11 Å². The quantitative estimate of drug-likeness (QED) is 0.880. The van der Waals surface area contributed by atoms with Gasteiger partial charge in [0.2, 0.25) is 0 Å². The summed E-state index contributed by atoms with van der Waals surface area (Å²) in [5.74, 6) is 2.44. The molecule has 0 aliphatic heterocycles. The highest BCUT2D eigenvalue weighted by molar-refractivity contribution is 5.27. The van der Waals surface area contributed by atoms with Crippen molar-refractivity contribution in [2.45, 2.75) is 46.0 Å². The summed E-state index contributed by atoms with van der Waals surface area (Å²) in [4.78, 5) is 0. The Balaban J connectivity index is 1.93. The van der Waals surface area contributed by atoms with Crippen LogP contribution in [0, 0.1) is 17.3 Å². The molecule has 1 aromatic carbocycles. The largest absolute Gasteiger partial charge is 0.497 e. The van der Waals surface area contributed by atoms with Crippen LogP contribution in [-0.2, 0) is 6.42 Å². The molecule has 112 valence electrons. The summed E-state index contributed by atoms with van der Waals surface area (Å²) < 4.78 is 5.21. The van der Waals surface area contributed by atoms with E-state index < -0.39 is 0 Å². The predicted octanol–water partition coefficient (Wildman–Crippen LogP) is 4.03. The zero-order valence-corrected chi connectivity index (χ0v) is 13.2. The fourth-order valence-electron chi connectivity index (χ4n) is 3.58. The third-order valence-corrected chi connectivity index (χ3v) is 4.94. The maximum Gasteiger partial charge on any atom is 0.118 e. The number of nitrogens with two attached hydrogens (primary N) is 1. The molecule has 20 heavy (non-hydrogen) atoms. The summed E-state index contributed by atoms with van der Waals surface area (Å²) in [6.07, 6.45) is 6.37. The first kappa shape index (κ1) is 15.4. The van der Waals surface area contributed by atoms with Gasteiger partial charge in [-0.15, -0.1) is 0 Å². The molecule has 2 nitrogen and oxygen atoms in total. The van der Waals surface area contributed by atoms with Crippen molar-refractivity contribution >= 4 is 0 Å². The molecule has 0 amide bonds. The normalized spacial score (nSPS) is 25.4. The predicted molar refractivity (Wildman–Crippen MR) is 85.0 cm³/mol. The Morgan fingerprint density at radius 1 is 1.20 bits per heavy atom. The van der Waals surface area contributed by atoms with E-state index >= 15 is 0 Å². The van der Waals surface area contributed by atoms with Gasteiger partial charge in [-0.2, -0.15) is 0 Å². The maximum absolute atomic E-state index is 5.97. The molecule has 2 rings (SSSR count). The van der Waals surface area contributed by atoms with Crippen LogP contribution in [0.15, 0.2) is 24.3 Å². The van der Waals surface area contributed by atoms with Crippen LogP contribution in [0.1, 0.15) is 45.1 Å². The van der Waals surface area contributed by atoms with Crippen molar-refractivity contribution in [1.29, 1.82) is 0 Å². The van der Waals surface area contributed by atoms with Gasteiger partial charge in [0.25, 0.3) is 0 Å². The van der Waals surface area contributed by atoms with Gasteiger partial charge < -0.3 is 10.5 Å². The minimum Gasteiger partial charge on any atom is -0.497 e. The van der Waals surface area contributed by atoms with E-state index in [9.17, 15) is 0 Å². The lowest BCUT2D eigenvalue weighted by Crippen LogP contribution is -2.34. The number of ether oxygens (including phenoxy) is 1. The summed E-state index contributed by atoms with van der Waals surface area (Å²) in [5.41, 5.74) is 7.88. The van der Waals surface area contributed by atoms with Crippen molar-refractivity contribution in [3.05, 3.63) is 29.8 Å². The third kappa shape index (κ3) is 3.99. The summed E-state index contributed by atoms with van der Waals surface area (Å²) in [7, 11) is 1.71. The molecule has 2 unspecified atom stereocenters. The van der Waals surface area contributed by atoms with E-state index in [0.29, 0.717) is 5.41 Å². The Morgan fingerprint density at radius 2 is 1.90 bits per heavy atom. The minimum atomic E-state index is 0.496. The first-order chi connectivity index (χ1) is 9.54. The minimum absolute atomic E-state index is 0.496. The second-order valence-electron chi connectivity index (χ2n) is 7.05. The number of methoxy groups -OCH3 is 1. The number of hydrogen-bond donors (Lipinski definition) is 1. The monoisotopic (exact) mass is 275 g/mol. The van der Waals surface area contributed by atoms with Crippen molar-refractivity contribution in [3.63, 3.8) is 0 Å². The highest BCUT2D eigenvalue weighted by Gasteiger charge is 2.33. The second-order valence-corrected chi connectivity index (χ2v) is 7.05. The van der Waals surface area contributed by atoms with Crippen LogP contribution < -0.4 is 10.5 Å². The molecular weight excluding hydrogens is 246 g/mol. The standard InChI is InChI=1S/C18H29NO/c1-18(2)11-10-16(13-19)15(12-18)7-4-14-5-8-17(20-3)9-6-14/h5-6,8-9,15-16H,4,7,10-13,19H2,1-3H3. The number of hydrogen-bond acceptors (Lipinski definition) is 2. The Kier molecular flexibility index (Phi) is 5.09. The average Bonchev–Trinajstić information content (AvgIpc) is 2.45. The molecule has 1 aliphatic rings. The van der Waals surface area contributed by atoms with Crippen molar-refractivity contribution in [2.75, 3.05) is 13.7 Å². The van der Waals surface area contributed by atoms with Crippen LogP contribution >= 0.6 is 0 Å². The van der Waals surface area contributed by atoms with Crippen LogP contribution in [0.2, 0.25) is 0 Å². The summed E-state index contributed by atoms with van der Waals surface area (Å²) in [6, 6.07) is 8.48. The molecule has 1 saturated carbocycles. The van der Waals surface area contributed by atoms with Crippen LogP contribution in [0.5, 0.6) is 5.75 Å². The molecule has 2 atom stereocenters. The molecule has 1 aromatic rings. The van der Waals surface area contributed by atoms with Crippen molar-refractivity contribution in [1.82, 2.24) is 0 Å². The van der Waals surface area contributed by atoms with Gasteiger partial charge in [-0.05, 0) is 73.6 Å². The summed E-state index contributed by atoms with van der Waals surface area (Å²) >= 11 is 0. The van der Waals surface area contributed by atoms with E-state index in [0.717, 1.165) is 30.6 Å². The molecule has 0 heterocycles. The van der Waals surface area contributed by atoms with E-state index in [1.165, 1.54) is 31.2 Å². The van der Waals surface area contributed by atoms with Crippen LogP contribution in [0.3, 0.4) is 0 Å². The van der Waals surface area contributed by atoms with Crippen LogP contribution in [0.4, 0.5) is 0 Å². The van der Waals surface area contributed by atoms with Gasteiger partial charge in [-0.25, -0.2) is 0 Å². The van der Waals surface area contributed by atoms with Crippen molar-refractivity contribution < 1.29 is 4.74 Å². The SMILES string of the molecule is COc1ccc(CCC2CC(C)(C)CCC2CN)cc1. The Bertz CT molecular complexity index is 410. The molecule has 0 radical (unpaired) electrons. The third-order valence-electron chi connectivity index (χ3n) is 4.94. The van der Waals surface area contributed by atoms with Gasteiger partial charge >= 0.3 is 0 Å². The van der Waals surface area contributed by atoms with Crippen molar-refractivity contribution in [2.24, 2.45) is 23.0 Å². The molecule has 0 bridgehead atoms. The number of benzene rings is 1. The molecular formula is C18H29NO. The maximum atomic E-state index is 5.97. The van der Waals surface area contributed by atoms with Gasteiger partial charge in [-0.1, -0.05) is 26.0 Å². The molecule has 0 spiro atoms. The van der Waals surface area contributed by atoms with Crippen molar-refractivity contribution in [3.8, 4) is 5.75 Å². The van der Waals surface area contributed by atoms with Gasteiger partial charge in [0.15, 0.2) is 0 Å². The van der Waals surface area contributed by atoms with E-state index in [1.54, 1.807) is 7.11 Å². The fourth-order valence-corrected chi connectivity index (χ4v) is 3.58. The van der Waals surface area contributed by atoms with Crippen LogP contribution in [-0.4, -0.2) is 13.7 Å². The van der Waals surface area contributed by atoms with Gasteiger partial charge in [0, 0.05) is 0 Å². The fraction of sp³-hybridized carbons (Fsp3) is 0.667. The van der Waals surface area contributed by atoms with E-state index in [2.05, 4.69) is 38.1 Å². The summed E-state index contributed by atoms with van der Waals surface area (Å²) in [6.45, 7) is 5.66. The first-order valence-electron chi connectivity index (χ1n) is 7.87. The topological polar surface area (TPSA) is 35.2 Å².